The van der Waals surface area contributed by atoms with Gasteiger partial charge in [-0.15, -0.1) is 0 Å². The van der Waals surface area contributed by atoms with Gasteiger partial charge in [-0.2, -0.15) is 0 Å². The molecule has 2 saturated carbocycles. The van der Waals surface area contributed by atoms with Crippen LogP contribution in [0.5, 0.6) is 0 Å². The van der Waals surface area contributed by atoms with Crippen LogP contribution in [0.15, 0.2) is 42.5 Å². The van der Waals surface area contributed by atoms with Crippen LogP contribution in [-0.4, -0.2) is 6.04 Å². The Kier molecular flexibility index (Phi) is 5.63. The van der Waals surface area contributed by atoms with Crippen LogP contribution in [0.25, 0.3) is 11.1 Å². The smallest absolute Gasteiger partial charge is 0.131 e. The van der Waals surface area contributed by atoms with Gasteiger partial charge in [0.25, 0.3) is 0 Å². The Morgan fingerprint density at radius 2 is 1.37 bits per heavy atom. The second-order valence-electron chi connectivity index (χ2n) is 8.89. The first-order valence-corrected chi connectivity index (χ1v) is 10.7. The quantitative estimate of drug-likeness (QED) is 0.652. The molecule has 2 aromatic rings. The maximum Gasteiger partial charge on any atom is 0.131 e. The molecule has 0 radical (unpaired) electrons. The molecular weight excluding hydrogens is 333 g/mol. The van der Waals surface area contributed by atoms with E-state index in [1.807, 2.05) is 30.3 Å². The Balaban J connectivity index is 1.40. The Labute approximate surface area is 163 Å². The van der Waals surface area contributed by atoms with E-state index >= 15 is 0 Å². The molecule has 2 fully saturated rings. The highest BCUT2D eigenvalue weighted by molar-refractivity contribution is 5.64. The number of nitrogens with two attached hydrogens (primary N) is 1. The third-order valence-corrected chi connectivity index (χ3v) is 7.08. The van der Waals surface area contributed by atoms with Gasteiger partial charge in [-0.1, -0.05) is 42.0 Å². The minimum absolute atomic E-state index is 0.0836. The van der Waals surface area contributed by atoms with Crippen molar-refractivity contribution in [2.75, 3.05) is 0 Å². The minimum atomic E-state index is -0.0836. The molecule has 0 unspecified atom stereocenters. The second-order valence-corrected chi connectivity index (χ2v) is 8.89. The predicted molar refractivity (Wildman–Crippen MR) is 111 cm³/mol. The second kappa shape index (κ2) is 8.14. The Bertz CT molecular complexity index is 750. The van der Waals surface area contributed by atoms with E-state index in [0.29, 0.717) is 17.5 Å². The van der Waals surface area contributed by atoms with Gasteiger partial charge in [0.2, 0.25) is 0 Å². The highest BCUT2D eigenvalue weighted by Gasteiger charge is 2.30. The van der Waals surface area contributed by atoms with Gasteiger partial charge in [-0.05, 0) is 93.2 Å². The van der Waals surface area contributed by atoms with Crippen LogP contribution in [0.4, 0.5) is 4.39 Å². The van der Waals surface area contributed by atoms with Crippen molar-refractivity contribution in [1.29, 1.82) is 0 Å². The fourth-order valence-electron chi connectivity index (χ4n) is 5.29. The molecule has 2 aliphatic carbocycles. The van der Waals surface area contributed by atoms with Crippen LogP contribution in [0.1, 0.15) is 68.4 Å². The molecule has 2 aromatic carbocycles. The molecule has 0 bridgehead atoms. The van der Waals surface area contributed by atoms with Gasteiger partial charge in [0.15, 0.2) is 0 Å². The summed E-state index contributed by atoms with van der Waals surface area (Å²) in [5.74, 6) is 2.19. The van der Waals surface area contributed by atoms with Crippen LogP contribution < -0.4 is 5.73 Å². The number of hydrogen-bond acceptors (Lipinski definition) is 1. The van der Waals surface area contributed by atoms with E-state index in [1.165, 1.54) is 62.5 Å². The summed E-state index contributed by atoms with van der Waals surface area (Å²) in [6.07, 6.45) is 10.0. The van der Waals surface area contributed by atoms with Crippen molar-refractivity contribution in [3.8, 4) is 11.1 Å². The molecule has 0 saturated heterocycles. The molecule has 1 nitrogen and oxygen atoms in total. The summed E-state index contributed by atoms with van der Waals surface area (Å²) in [6, 6.07) is 14.5. The summed E-state index contributed by atoms with van der Waals surface area (Å²) < 4.78 is 14.8. The average molecular weight is 366 g/mol. The van der Waals surface area contributed by atoms with E-state index in [0.717, 1.165) is 17.4 Å². The van der Waals surface area contributed by atoms with Gasteiger partial charge < -0.3 is 5.73 Å². The number of benzene rings is 2. The van der Waals surface area contributed by atoms with Crippen molar-refractivity contribution >= 4 is 0 Å². The Morgan fingerprint density at radius 3 is 1.96 bits per heavy atom. The average Bonchev–Trinajstić information content (AvgIpc) is 2.69. The SMILES string of the molecule is Cc1ccc(-c2ccc(C3CCC(C4CCC(N)CC4)CC3)cc2F)cc1. The summed E-state index contributed by atoms with van der Waals surface area (Å²) in [4.78, 5) is 0. The molecule has 0 aliphatic heterocycles. The van der Waals surface area contributed by atoms with E-state index < -0.39 is 0 Å². The first-order chi connectivity index (χ1) is 13.1. The zero-order chi connectivity index (χ0) is 18.8. The fraction of sp³-hybridized carbons (Fsp3) is 0.520. The molecule has 4 rings (SSSR count). The van der Waals surface area contributed by atoms with E-state index in [4.69, 9.17) is 5.73 Å². The molecule has 0 atom stereocenters. The van der Waals surface area contributed by atoms with Crippen molar-refractivity contribution in [3.05, 3.63) is 59.4 Å². The molecule has 2 N–H and O–H groups in total. The van der Waals surface area contributed by atoms with Crippen molar-refractivity contribution in [2.45, 2.75) is 70.3 Å². The van der Waals surface area contributed by atoms with Crippen molar-refractivity contribution < 1.29 is 4.39 Å². The molecule has 144 valence electrons. The standard InChI is InChI=1S/C25H32FN/c1-17-2-4-21(5-3-17)24-15-12-22(16-25(24)26)20-8-6-18(7-9-20)19-10-13-23(27)14-11-19/h2-5,12,15-16,18-20,23H,6-11,13-14,27H2,1H3. The first-order valence-electron chi connectivity index (χ1n) is 10.7. The van der Waals surface area contributed by atoms with Gasteiger partial charge in [0.05, 0.1) is 0 Å². The van der Waals surface area contributed by atoms with Crippen molar-refractivity contribution in [1.82, 2.24) is 0 Å². The van der Waals surface area contributed by atoms with E-state index in [9.17, 15) is 4.39 Å². The Morgan fingerprint density at radius 1 is 0.778 bits per heavy atom. The number of rotatable bonds is 3. The maximum absolute atomic E-state index is 14.8. The number of hydrogen-bond donors (Lipinski definition) is 1. The fourth-order valence-corrected chi connectivity index (χ4v) is 5.29. The van der Waals surface area contributed by atoms with Gasteiger partial charge in [-0.25, -0.2) is 4.39 Å². The van der Waals surface area contributed by atoms with Crippen LogP contribution in [0.3, 0.4) is 0 Å². The maximum atomic E-state index is 14.8. The highest BCUT2D eigenvalue weighted by Crippen LogP contribution is 2.43. The van der Waals surface area contributed by atoms with Crippen molar-refractivity contribution in [2.24, 2.45) is 17.6 Å². The van der Waals surface area contributed by atoms with Gasteiger partial charge in [0, 0.05) is 11.6 Å². The lowest BCUT2D eigenvalue weighted by Gasteiger charge is -2.37. The molecule has 0 spiro atoms. The number of aryl methyl sites for hydroxylation is 1. The van der Waals surface area contributed by atoms with Crippen LogP contribution in [0.2, 0.25) is 0 Å². The van der Waals surface area contributed by atoms with Crippen LogP contribution >= 0.6 is 0 Å². The predicted octanol–water partition coefficient (Wildman–Crippen LogP) is 6.59. The Hall–Kier alpha value is -1.67. The normalized spacial score (nSPS) is 28.9. The van der Waals surface area contributed by atoms with E-state index in [2.05, 4.69) is 13.0 Å². The lowest BCUT2D eigenvalue weighted by Crippen LogP contribution is -2.31. The molecule has 2 aliphatic rings. The highest BCUT2D eigenvalue weighted by atomic mass is 19.1. The van der Waals surface area contributed by atoms with Crippen molar-refractivity contribution in [3.63, 3.8) is 0 Å². The van der Waals surface area contributed by atoms with Crippen LogP contribution in [-0.2, 0) is 0 Å². The zero-order valence-corrected chi connectivity index (χ0v) is 16.5. The van der Waals surface area contributed by atoms with Gasteiger partial charge >= 0.3 is 0 Å². The monoisotopic (exact) mass is 365 g/mol. The lowest BCUT2D eigenvalue weighted by atomic mass is 9.69. The topological polar surface area (TPSA) is 26.0 Å². The third kappa shape index (κ3) is 4.27. The summed E-state index contributed by atoms with van der Waals surface area (Å²) in [6.45, 7) is 2.06. The molecule has 0 amide bonds. The summed E-state index contributed by atoms with van der Waals surface area (Å²) in [5.41, 5.74) is 10.1. The summed E-state index contributed by atoms with van der Waals surface area (Å²) in [5, 5.41) is 0. The third-order valence-electron chi connectivity index (χ3n) is 7.08. The van der Waals surface area contributed by atoms with Gasteiger partial charge in [-0.3, -0.25) is 0 Å². The van der Waals surface area contributed by atoms with E-state index in [1.54, 1.807) is 6.07 Å². The molecular formula is C25H32FN. The lowest BCUT2D eigenvalue weighted by molar-refractivity contribution is 0.177. The van der Waals surface area contributed by atoms with Crippen LogP contribution in [0, 0.1) is 24.6 Å². The number of halogens is 1. The first kappa shape index (κ1) is 18.7. The zero-order valence-electron chi connectivity index (χ0n) is 16.5. The molecule has 2 heteroatoms. The summed E-state index contributed by atoms with van der Waals surface area (Å²) >= 11 is 0. The molecule has 0 aromatic heterocycles. The molecule has 0 heterocycles. The summed E-state index contributed by atoms with van der Waals surface area (Å²) in [7, 11) is 0. The van der Waals surface area contributed by atoms with Gasteiger partial charge in [0.1, 0.15) is 5.82 Å². The largest absolute Gasteiger partial charge is 0.328 e. The van der Waals surface area contributed by atoms with E-state index in [-0.39, 0.29) is 5.82 Å². The molecule has 27 heavy (non-hydrogen) atoms. The minimum Gasteiger partial charge on any atom is -0.328 e.